The zero-order chi connectivity index (χ0) is 17.4. The van der Waals surface area contributed by atoms with Crippen molar-refractivity contribution in [3.8, 4) is 5.75 Å². The summed E-state index contributed by atoms with van der Waals surface area (Å²) in [5, 5.41) is 22.2. The number of amides is 1. The zero-order valence-electron chi connectivity index (χ0n) is 13.3. The summed E-state index contributed by atoms with van der Waals surface area (Å²) in [6, 6.07) is 3.23. The van der Waals surface area contributed by atoms with E-state index in [1.54, 1.807) is 26.8 Å². The van der Waals surface area contributed by atoms with Gasteiger partial charge in [0.05, 0.1) is 0 Å². The maximum absolute atomic E-state index is 12.0. The Morgan fingerprint density at radius 3 is 2.52 bits per heavy atom. The van der Waals surface area contributed by atoms with Crippen molar-refractivity contribution in [2.45, 2.75) is 51.2 Å². The summed E-state index contributed by atoms with van der Waals surface area (Å²) in [6.45, 7) is 5.12. The van der Waals surface area contributed by atoms with Gasteiger partial charge in [0.1, 0.15) is 16.9 Å². The monoisotopic (exact) mass is 385 g/mol. The second-order valence-electron chi connectivity index (χ2n) is 6.71. The third-order valence-electron chi connectivity index (χ3n) is 3.78. The molecule has 0 saturated carbocycles. The number of carbonyl (C=O) groups excluding carboxylic acids is 1. The molecule has 1 aliphatic carbocycles. The van der Waals surface area contributed by atoms with Crippen LogP contribution in [0.1, 0.15) is 38.3 Å². The maximum Gasteiger partial charge on any atom is 0.408 e. The van der Waals surface area contributed by atoms with E-state index in [-0.39, 0.29) is 18.6 Å². The van der Waals surface area contributed by atoms with Crippen LogP contribution < -0.4 is 5.32 Å². The van der Waals surface area contributed by atoms with Crippen LogP contribution in [0.15, 0.2) is 16.6 Å². The van der Waals surface area contributed by atoms with Crippen molar-refractivity contribution in [3.63, 3.8) is 0 Å². The molecule has 0 heterocycles. The summed E-state index contributed by atoms with van der Waals surface area (Å²) in [5.41, 5.74) is -0.813. The van der Waals surface area contributed by atoms with Crippen molar-refractivity contribution < 1.29 is 24.5 Å². The topological polar surface area (TPSA) is 95.9 Å². The van der Waals surface area contributed by atoms with Crippen molar-refractivity contribution in [2.24, 2.45) is 0 Å². The van der Waals surface area contributed by atoms with Gasteiger partial charge in [0.2, 0.25) is 0 Å². The van der Waals surface area contributed by atoms with Gasteiger partial charge in [0, 0.05) is 16.5 Å². The summed E-state index contributed by atoms with van der Waals surface area (Å²) in [6.07, 6.45) is -0.136. The number of carboxylic acids is 1. The minimum atomic E-state index is -1.49. The molecule has 1 aliphatic rings. The summed E-state index contributed by atoms with van der Waals surface area (Å²) in [4.78, 5) is 23.9. The molecular weight excluding hydrogens is 366 g/mol. The molecule has 1 aromatic rings. The van der Waals surface area contributed by atoms with Gasteiger partial charge >= 0.3 is 12.1 Å². The number of hydrogen-bond acceptors (Lipinski definition) is 4. The van der Waals surface area contributed by atoms with Crippen LogP contribution in [0.2, 0.25) is 0 Å². The van der Waals surface area contributed by atoms with Crippen LogP contribution in [-0.2, 0) is 22.4 Å². The normalized spacial score (nSPS) is 20.5. The van der Waals surface area contributed by atoms with Crippen LogP contribution in [0.5, 0.6) is 5.75 Å². The van der Waals surface area contributed by atoms with E-state index in [9.17, 15) is 19.8 Å². The van der Waals surface area contributed by atoms with Gasteiger partial charge in [-0.15, -0.1) is 0 Å². The van der Waals surface area contributed by atoms with Gasteiger partial charge < -0.3 is 20.3 Å². The number of phenols is 1. The largest absolute Gasteiger partial charge is 0.508 e. The summed E-state index contributed by atoms with van der Waals surface area (Å²) < 4.78 is 5.99. The Morgan fingerprint density at radius 1 is 1.30 bits per heavy atom. The van der Waals surface area contributed by atoms with Gasteiger partial charge in [-0.3, -0.25) is 0 Å². The van der Waals surface area contributed by atoms with Gasteiger partial charge in [0.15, 0.2) is 0 Å². The van der Waals surface area contributed by atoms with E-state index in [1.807, 2.05) is 0 Å². The number of rotatable bonds is 2. The van der Waals surface area contributed by atoms with Crippen LogP contribution in [-0.4, -0.2) is 33.4 Å². The van der Waals surface area contributed by atoms with Gasteiger partial charge in [0.25, 0.3) is 0 Å². The minimum Gasteiger partial charge on any atom is -0.508 e. The molecule has 0 radical (unpaired) electrons. The van der Waals surface area contributed by atoms with E-state index < -0.39 is 23.2 Å². The smallest absolute Gasteiger partial charge is 0.408 e. The number of aromatic hydroxyl groups is 1. The number of alkyl carbamates (subject to hydrolysis) is 1. The van der Waals surface area contributed by atoms with Gasteiger partial charge in [-0.1, -0.05) is 15.9 Å². The molecule has 0 aliphatic heterocycles. The molecule has 7 heteroatoms. The Labute approximate surface area is 143 Å². The Hall–Kier alpha value is -1.76. The molecule has 2 rings (SSSR count). The molecule has 0 aromatic heterocycles. The quantitative estimate of drug-likeness (QED) is 0.726. The van der Waals surface area contributed by atoms with E-state index >= 15 is 0 Å². The Kier molecular flexibility index (Phi) is 4.61. The highest BCUT2D eigenvalue weighted by atomic mass is 79.9. The van der Waals surface area contributed by atoms with Gasteiger partial charge in [-0.2, -0.15) is 0 Å². The number of fused-ring (bicyclic) bond motifs is 1. The van der Waals surface area contributed by atoms with Crippen molar-refractivity contribution in [2.75, 3.05) is 0 Å². The molecule has 1 amide bonds. The number of aliphatic carboxylic acids is 1. The molecule has 1 aromatic carbocycles. The lowest BCUT2D eigenvalue weighted by Crippen LogP contribution is -2.58. The van der Waals surface area contributed by atoms with Crippen LogP contribution in [0, 0.1) is 0 Å². The fraction of sp³-hybridized carbons (Fsp3) is 0.500. The van der Waals surface area contributed by atoms with Crippen LogP contribution in [0.25, 0.3) is 0 Å². The third kappa shape index (κ3) is 3.77. The summed E-state index contributed by atoms with van der Waals surface area (Å²) in [5.74, 6) is -1.12. The highest BCUT2D eigenvalue weighted by molar-refractivity contribution is 9.10. The number of carboxylic acid groups (broad SMARTS) is 1. The van der Waals surface area contributed by atoms with E-state index in [0.29, 0.717) is 12.0 Å². The maximum atomic E-state index is 12.0. The molecule has 0 fully saturated rings. The van der Waals surface area contributed by atoms with Crippen molar-refractivity contribution in [1.82, 2.24) is 5.32 Å². The van der Waals surface area contributed by atoms with E-state index in [1.165, 1.54) is 6.07 Å². The number of hydrogen-bond donors (Lipinski definition) is 3. The number of nitrogens with one attached hydrogen (secondary N) is 1. The predicted molar refractivity (Wildman–Crippen MR) is 87.6 cm³/mol. The molecule has 1 atom stereocenters. The van der Waals surface area contributed by atoms with Crippen LogP contribution >= 0.6 is 15.9 Å². The average Bonchev–Trinajstić information content (AvgIpc) is 2.40. The average molecular weight is 386 g/mol. The molecule has 23 heavy (non-hydrogen) atoms. The second kappa shape index (κ2) is 6.03. The summed E-state index contributed by atoms with van der Waals surface area (Å²) in [7, 11) is 0. The minimum absolute atomic E-state index is 0.00217. The molecule has 126 valence electrons. The lowest BCUT2D eigenvalue weighted by molar-refractivity contribution is -0.145. The molecule has 0 spiro atoms. The molecule has 6 nitrogen and oxygen atoms in total. The number of benzene rings is 1. The highest BCUT2D eigenvalue weighted by Crippen LogP contribution is 2.38. The highest BCUT2D eigenvalue weighted by Gasteiger charge is 2.45. The van der Waals surface area contributed by atoms with E-state index in [0.717, 1.165) is 10.0 Å². The first-order chi connectivity index (χ1) is 10.5. The second-order valence-corrected chi connectivity index (χ2v) is 7.57. The molecule has 0 bridgehead atoms. The van der Waals surface area contributed by atoms with Crippen molar-refractivity contribution in [3.05, 3.63) is 27.7 Å². The van der Waals surface area contributed by atoms with Crippen LogP contribution in [0.4, 0.5) is 4.79 Å². The lowest BCUT2D eigenvalue weighted by atomic mass is 9.77. The first kappa shape index (κ1) is 17.6. The standard InChI is InChI=1S/C16H20BrNO5/c1-15(2,3)23-14(22)18-16(13(20)21)7-6-9-10(8-16)12(19)5-4-11(9)17/h4-5,19H,6-8H2,1-3H3,(H,18,22)(H,20,21)/t16-/m0/s1. The first-order valence-corrected chi connectivity index (χ1v) is 8.07. The summed E-state index contributed by atoms with van der Waals surface area (Å²) >= 11 is 3.41. The van der Waals surface area contributed by atoms with Crippen molar-refractivity contribution >= 4 is 28.0 Å². The zero-order valence-corrected chi connectivity index (χ0v) is 14.9. The SMILES string of the molecule is CC(C)(C)OC(=O)N[C@@]1(C(=O)O)CCc2c(Br)ccc(O)c2C1. The predicted octanol–water partition coefficient (Wildman–Crippen LogP) is 2.99. The molecule has 0 saturated heterocycles. The molecule has 3 N–H and O–H groups in total. The van der Waals surface area contributed by atoms with Gasteiger partial charge in [-0.05, 0) is 51.3 Å². The van der Waals surface area contributed by atoms with Crippen LogP contribution in [0.3, 0.4) is 0 Å². The number of ether oxygens (including phenoxy) is 1. The van der Waals surface area contributed by atoms with E-state index in [4.69, 9.17) is 4.74 Å². The van der Waals surface area contributed by atoms with Crippen molar-refractivity contribution in [1.29, 1.82) is 0 Å². The Bertz CT molecular complexity index is 653. The Morgan fingerprint density at radius 2 is 1.96 bits per heavy atom. The third-order valence-corrected chi connectivity index (χ3v) is 4.52. The Balaban J connectivity index is 2.32. The number of halogens is 1. The fourth-order valence-electron chi connectivity index (χ4n) is 2.69. The van der Waals surface area contributed by atoms with E-state index in [2.05, 4.69) is 21.2 Å². The number of phenolic OH excluding ortho intramolecular Hbond substituents is 1. The fourth-order valence-corrected chi connectivity index (χ4v) is 3.26. The lowest BCUT2D eigenvalue weighted by Gasteiger charge is -2.36. The molecular formula is C16H20BrNO5. The number of carbonyl (C=O) groups is 2. The first-order valence-electron chi connectivity index (χ1n) is 7.28. The molecule has 0 unspecified atom stereocenters. The van der Waals surface area contributed by atoms with Gasteiger partial charge in [-0.25, -0.2) is 9.59 Å².